The van der Waals surface area contributed by atoms with Crippen LogP contribution in [0, 0.1) is 11.6 Å². The van der Waals surface area contributed by atoms with Crippen molar-refractivity contribution in [3.63, 3.8) is 0 Å². The average molecular weight is 433 g/mol. The first kappa shape index (κ1) is 19.3. The molecule has 0 heterocycles. The van der Waals surface area contributed by atoms with E-state index in [2.05, 4.69) is 21.2 Å². The SMILES string of the molecule is C[C@@H](C(=O)Nc1ccc(Br)cc1F)N(c1cccc(F)c1)S(C)(=O)=O. The minimum Gasteiger partial charge on any atom is -0.322 e. The Labute approximate surface area is 152 Å². The van der Waals surface area contributed by atoms with Gasteiger partial charge in [0.1, 0.15) is 17.7 Å². The molecule has 0 radical (unpaired) electrons. The third-order valence-electron chi connectivity index (χ3n) is 3.34. The maximum absolute atomic E-state index is 13.9. The van der Waals surface area contributed by atoms with Gasteiger partial charge in [-0.15, -0.1) is 0 Å². The van der Waals surface area contributed by atoms with Gasteiger partial charge < -0.3 is 5.32 Å². The second-order valence-electron chi connectivity index (χ2n) is 5.33. The summed E-state index contributed by atoms with van der Waals surface area (Å²) in [6.07, 6.45) is 0.905. The summed E-state index contributed by atoms with van der Waals surface area (Å²) in [5.74, 6) is -2.07. The number of carbonyl (C=O) groups excluding carboxylic acids is 1. The largest absolute Gasteiger partial charge is 0.322 e. The Morgan fingerprint density at radius 1 is 1.20 bits per heavy atom. The average Bonchev–Trinajstić information content (AvgIpc) is 2.48. The second-order valence-corrected chi connectivity index (χ2v) is 8.10. The number of sulfonamides is 1. The van der Waals surface area contributed by atoms with Gasteiger partial charge in [-0.3, -0.25) is 9.10 Å². The van der Waals surface area contributed by atoms with Gasteiger partial charge in [0.25, 0.3) is 0 Å². The molecule has 1 N–H and O–H groups in total. The summed E-state index contributed by atoms with van der Waals surface area (Å²) < 4.78 is 52.8. The highest BCUT2D eigenvalue weighted by Crippen LogP contribution is 2.24. The summed E-state index contributed by atoms with van der Waals surface area (Å²) >= 11 is 3.10. The Morgan fingerprint density at radius 2 is 1.88 bits per heavy atom. The van der Waals surface area contributed by atoms with Crippen LogP contribution in [-0.2, 0) is 14.8 Å². The van der Waals surface area contributed by atoms with E-state index in [9.17, 15) is 22.0 Å². The van der Waals surface area contributed by atoms with Crippen molar-refractivity contribution < 1.29 is 22.0 Å². The number of hydrogen-bond acceptors (Lipinski definition) is 3. The van der Waals surface area contributed by atoms with Crippen molar-refractivity contribution in [2.75, 3.05) is 15.9 Å². The van der Waals surface area contributed by atoms with Gasteiger partial charge in [0, 0.05) is 4.47 Å². The van der Waals surface area contributed by atoms with Gasteiger partial charge in [-0.05, 0) is 43.3 Å². The molecule has 0 saturated carbocycles. The van der Waals surface area contributed by atoms with Gasteiger partial charge >= 0.3 is 0 Å². The molecule has 2 aromatic rings. The van der Waals surface area contributed by atoms with E-state index in [0.717, 1.165) is 22.7 Å². The topological polar surface area (TPSA) is 66.5 Å². The van der Waals surface area contributed by atoms with Gasteiger partial charge in [-0.25, -0.2) is 17.2 Å². The molecular formula is C16H15BrF2N2O3S. The van der Waals surface area contributed by atoms with Gasteiger partial charge in [0.15, 0.2) is 0 Å². The van der Waals surface area contributed by atoms with E-state index in [-0.39, 0.29) is 11.4 Å². The number of halogens is 3. The summed E-state index contributed by atoms with van der Waals surface area (Å²) in [6.45, 7) is 1.33. The first-order valence-electron chi connectivity index (χ1n) is 7.10. The van der Waals surface area contributed by atoms with Gasteiger partial charge in [-0.2, -0.15) is 0 Å². The zero-order chi connectivity index (χ0) is 18.8. The number of hydrogen-bond donors (Lipinski definition) is 1. The molecule has 1 atom stereocenters. The minimum absolute atomic E-state index is 0.00132. The predicted octanol–water partition coefficient (Wildman–Crippen LogP) is 3.52. The highest BCUT2D eigenvalue weighted by atomic mass is 79.9. The van der Waals surface area contributed by atoms with Crippen molar-refractivity contribution in [1.82, 2.24) is 0 Å². The normalized spacial score (nSPS) is 12.5. The lowest BCUT2D eigenvalue weighted by Crippen LogP contribution is -2.45. The van der Waals surface area contributed by atoms with Crippen LogP contribution in [0.3, 0.4) is 0 Å². The minimum atomic E-state index is -3.88. The van der Waals surface area contributed by atoms with E-state index in [1.807, 2.05) is 0 Å². The first-order valence-corrected chi connectivity index (χ1v) is 9.74. The highest BCUT2D eigenvalue weighted by Gasteiger charge is 2.29. The van der Waals surface area contributed by atoms with Gasteiger partial charge in [0.2, 0.25) is 15.9 Å². The smallest absolute Gasteiger partial charge is 0.248 e. The Hall–Kier alpha value is -2.00. The summed E-state index contributed by atoms with van der Waals surface area (Å²) in [4.78, 5) is 12.4. The molecule has 0 aliphatic rings. The van der Waals surface area contributed by atoms with E-state index >= 15 is 0 Å². The van der Waals surface area contributed by atoms with Crippen LogP contribution in [0.15, 0.2) is 46.9 Å². The van der Waals surface area contributed by atoms with Crippen LogP contribution < -0.4 is 9.62 Å². The summed E-state index contributed by atoms with van der Waals surface area (Å²) in [5.41, 5.74) is -0.0887. The van der Waals surface area contributed by atoms with Crippen LogP contribution in [0.5, 0.6) is 0 Å². The van der Waals surface area contributed by atoms with E-state index in [0.29, 0.717) is 4.47 Å². The van der Waals surface area contributed by atoms with Crippen LogP contribution >= 0.6 is 15.9 Å². The molecular weight excluding hydrogens is 418 g/mol. The first-order chi connectivity index (χ1) is 11.6. The molecule has 134 valence electrons. The van der Waals surface area contributed by atoms with Crippen molar-refractivity contribution >= 4 is 43.2 Å². The third kappa shape index (κ3) is 4.76. The monoisotopic (exact) mass is 432 g/mol. The van der Waals surface area contributed by atoms with Crippen molar-refractivity contribution in [2.45, 2.75) is 13.0 Å². The number of carbonyl (C=O) groups is 1. The molecule has 5 nitrogen and oxygen atoms in total. The van der Waals surface area contributed by atoms with E-state index in [1.54, 1.807) is 0 Å². The van der Waals surface area contributed by atoms with Gasteiger partial charge in [0.05, 0.1) is 17.6 Å². The van der Waals surface area contributed by atoms with Crippen molar-refractivity contribution in [3.05, 3.63) is 58.6 Å². The van der Waals surface area contributed by atoms with E-state index in [1.165, 1.54) is 37.3 Å². The molecule has 0 saturated heterocycles. The number of rotatable bonds is 5. The molecule has 25 heavy (non-hydrogen) atoms. The fourth-order valence-corrected chi connectivity index (χ4v) is 3.75. The van der Waals surface area contributed by atoms with Crippen molar-refractivity contribution in [3.8, 4) is 0 Å². The lowest BCUT2D eigenvalue weighted by atomic mass is 10.2. The van der Waals surface area contributed by atoms with Crippen LogP contribution in [0.2, 0.25) is 0 Å². The molecule has 0 aromatic heterocycles. The molecule has 0 aliphatic carbocycles. The Bertz CT molecular complexity index is 906. The quantitative estimate of drug-likeness (QED) is 0.785. The van der Waals surface area contributed by atoms with Crippen LogP contribution in [0.4, 0.5) is 20.2 Å². The van der Waals surface area contributed by atoms with Gasteiger partial charge in [-0.1, -0.05) is 22.0 Å². The number of amides is 1. The molecule has 0 fully saturated rings. The Morgan fingerprint density at radius 3 is 2.44 bits per heavy atom. The maximum Gasteiger partial charge on any atom is 0.248 e. The van der Waals surface area contributed by atoms with Crippen molar-refractivity contribution in [2.24, 2.45) is 0 Å². The Balaban J connectivity index is 2.33. The molecule has 0 unspecified atom stereocenters. The summed E-state index contributed by atoms with van der Waals surface area (Å²) in [7, 11) is -3.88. The third-order valence-corrected chi connectivity index (χ3v) is 5.08. The number of nitrogens with one attached hydrogen (secondary N) is 1. The molecule has 1 amide bonds. The van der Waals surface area contributed by atoms with Crippen LogP contribution in [0.25, 0.3) is 0 Å². The van der Waals surface area contributed by atoms with Crippen LogP contribution in [0.1, 0.15) is 6.92 Å². The zero-order valence-corrected chi connectivity index (χ0v) is 15.7. The molecule has 0 spiro atoms. The standard InChI is InChI=1S/C16H15BrF2N2O3S/c1-10(16(22)20-15-7-6-11(17)8-14(15)19)21(25(2,23)24)13-5-3-4-12(18)9-13/h3-10H,1-2H3,(H,20,22)/t10-/m0/s1. The molecule has 0 aliphatic heterocycles. The van der Waals surface area contributed by atoms with E-state index < -0.39 is 33.6 Å². The fraction of sp³-hybridized carbons (Fsp3) is 0.188. The van der Waals surface area contributed by atoms with Crippen molar-refractivity contribution in [1.29, 1.82) is 0 Å². The summed E-state index contributed by atoms with van der Waals surface area (Å²) in [5, 5.41) is 2.34. The molecule has 0 bridgehead atoms. The van der Waals surface area contributed by atoms with Crippen LogP contribution in [-0.4, -0.2) is 26.6 Å². The molecule has 9 heteroatoms. The summed E-state index contributed by atoms with van der Waals surface area (Å²) in [6, 6.07) is 7.69. The molecule has 2 rings (SSSR count). The zero-order valence-electron chi connectivity index (χ0n) is 13.3. The maximum atomic E-state index is 13.9. The predicted molar refractivity (Wildman–Crippen MR) is 95.9 cm³/mol. The lowest BCUT2D eigenvalue weighted by molar-refractivity contribution is -0.116. The fourth-order valence-electron chi connectivity index (χ4n) is 2.25. The second kappa shape index (κ2) is 7.49. The highest BCUT2D eigenvalue weighted by molar-refractivity contribution is 9.10. The molecule has 2 aromatic carbocycles. The number of benzene rings is 2. The Kier molecular flexibility index (Phi) is 5.79. The number of nitrogens with zero attached hydrogens (tertiary/aromatic N) is 1. The van der Waals surface area contributed by atoms with E-state index in [4.69, 9.17) is 0 Å². The number of anilines is 2. The lowest BCUT2D eigenvalue weighted by Gasteiger charge is -2.28.